The van der Waals surface area contributed by atoms with E-state index in [1.807, 2.05) is 160 Å². The smallest absolute Gasteiger partial charge is 0.309 e. The second-order valence-electron chi connectivity index (χ2n) is 31.8. The lowest BCUT2D eigenvalue weighted by Crippen LogP contribution is -2.45. The first-order valence-electron chi connectivity index (χ1n) is 36.4. The number of ketones is 3. The number of ether oxygens (including phenoxy) is 5. The summed E-state index contributed by atoms with van der Waals surface area (Å²) < 4.78 is 29.5. The fourth-order valence-corrected chi connectivity index (χ4v) is 15.1. The molecule has 0 radical (unpaired) electrons. The number of thiazole rings is 3. The average molecular weight is 1500 g/mol. The topological polar surface area (TPSA) is 315 Å². The van der Waals surface area contributed by atoms with Gasteiger partial charge >= 0.3 is 17.9 Å². The van der Waals surface area contributed by atoms with Crippen LogP contribution in [-0.4, -0.2) is 159 Å². The molecule has 5 aliphatic heterocycles. The molecule has 5 aliphatic rings. The van der Waals surface area contributed by atoms with Gasteiger partial charge in [-0.05, 0) is 117 Å². The molecule has 4 unspecified atom stereocenters. The van der Waals surface area contributed by atoms with E-state index in [0.717, 1.165) is 54.4 Å². The van der Waals surface area contributed by atoms with Crippen molar-refractivity contribution in [3.63, 3.8) is 0 Å². The zero-order valence-electron chi connectivity index (χ0n) is 64.9. The molecule has 0 aliphatic carbocycles. The van der Waals surface area contributed by atoms with Gasteiger partial charge in [0.05, 0.1) is 128 Å². The van der Waals surface area contributed by atoms with Crippen LogP contribution in [0, 0.1) is 72.5 Å². The number of hydrogen-bond acceptors (Lipinski definition) is 23. The Labute approximate surface area is 628 Å². The number of carbonyl (C=O) groups is 6. The van der Waals surface area contributed by atoms with Crippen molar-refractivity contribution in [2.24, 2.45) is 51.8 Å². The van der Waals surface area contributed by atoms with Crippen LogP contribution in [0.15, 0.2) is 81.0 Å². The molecule has 104 heavy (non-hydrogen) atoms. The normalized spacial score (nSPS) is 36.2. The average Bonchev–Trinajstić information content (AvgIpc) is 1.61. The maximum absolute atomic E-state index is 13.2. The molecule has 0 amide bonds. The molecule has 0 spiro atoms. The van der Waals surface area contributed by atoms with E-state index in [1.165, 1.54) is 0 Å². The minimum Gasteiger partial charge on any atom is -0.458 e. The number of carbonyl (C=O) groups excluding carboxylic acids is 6. The number of hydrogen-bond donors (Lipinski definition) is 6. The Bertz CT molecular complexity index is 3540. The number of epoxide rings is 2. The second kappa shape index (κ2) is 36.8. The molecule has 6 N–H and O–H groups in total. The number of Topliss-reactive ketones (excluding diaryl/α,β-unsaturated/α-hetero) is 3. The monoisotopic (exact) mass is 1500 g/mol. The molecule has 23 heteroatoms. The second-order valence-corrected chi connectivity index (χ2v) is 35.0. The summed E-state index contributed by atoms with van der Waals surface area (Å²) in [6.45, 7) is 37.8. The molecule has 576 valence electrons. The number of rotatable bonds is 6. The van der Waals surface area contributed by atoms with Crippen molar-refractivity contribution in [3.05, 3.63) is 113 Å². The SMILES string of the molecule is C/C(=C\c1csc(C)n1)C1C[C@@H]2O[C@]2(C)C/C=C/[C@H](C)[C@H](O)[C@@H](C)C(=O)C(C)(C)[C@@H](O)CC(=O)O1.C/C(=C\c1csc(C)n1)C1C[C@H]2O[C@@]2(C)C/C=C/[C@H](C)[C@H](O)[C@@H](C)C(=O)C(C)(C)[C@@H](O)CC(=O)O1.C/C1=C/CC(/C(C)=C/c2csc(C)n2)OC(=O)C[C@H](O)C(C)(C)C(=O)C(C)[C@@H](O)[C@@H](C)/C=C/C1. The predicted octanol–water partition coefficient (Wildman–Crippen LogP) is 13.5. The summed E-state index contributed by atoms with van der Waals surface area (Å²) in [5.74, 6) is -5.42. The van der Waals surface area contributed by atoms with Gasteiger partial charge in [-0.2, -0.15) is 0 Å². The lowest BCUT2D eigenvalue weighted by molar-refractivity contribution is -0.156. The number of aromatic nitrogens is 3. The molecule has 19 atom stereocenters. The number of esters is 3. The van der Waals surface area contributed by atoms with Crippen molar-refractivity contribution < 1.29 is 83.1 Å². The molecule has 0 saturated carbocycles. The van der Waals surface area contributed by atoms with Crippen LogP contribution in [0.25, 0.3) is 18.2 Å². The molecule has 3 aromatic rings. The molecule has 3 aromatic heterocycles. The van der Waals surface area contributed by atoms with Crippen molar-refractivity contribution in [1.29, 1.82) is 0 Å². The van der Waals surface area contributed by atoms with Gasteiger partial charge < -0.3 is 54.3 Å². The van der Waals surface area contributed by atoms with Crippen molar-refractivity contribution >= 4 is 87.5 Å². The Hall–Kier alpha value is -5.83. The number of aryl methyl sites for hydroxylation is 3. The Kier molecular flexibility index (Phi) is 30.9. The Morgan fingerprint density at radius 1 is 0.452 bits per heavy atom. The zero-order chi connectivity index (χ0) is 77.9. The van der Waals surface area contributed by atoms with Gasteiger partial charge in [0.2, 0.25) is 0 Å². The van der Waals surface area contributed by atoms with E-state index in [-0.39, 0.29) is 77.8 Å². The largest absolute Gasteiger partial charge is 0.458 e. The molecular formula is C81H117N3O17S3. The van der Waals surface area contributed by atoms with Gasteiger partial charge in [0, 0.05) is 70.9 Å². The van der Waals surface area contributed by atoms with E-state index in [0.29, 0.717) is 38.5 Å². The molecule has 8 heterocycles. The van der Waals surface area contributed by atoms with Crippen molar-refractivity contribution in [2.75, 3.05) is 0 Å². The maximum Gasteiger partial charge on any atom is 0.309 e. The van der Waals surface area contributed by atoms with Gasteiger partial charge in [0.25, 0.3) is 0 Å². The first-order chi connectivity index (χ1) is 48.3. The number of fused-ring (bicyclic) bond motifs is 2. The highest BCUT2D eigenvalue weighted by molar-refractivity contribution is 7.10. The highest BCUT2D eigenvalue weighted by Gasteiger charge is 2.54. The summed E-state index contributed by atoms with van der Waals surface area (Å²) in [4.78, 5) is 91.6. The molecule has 2 fully saturated rings. The van der Waals surface area contributed by atoms with Crippen LogP contribution in [0.5, 0.6) is 0 Å². The van der Waals surface area contributed by atoms with Crippen molar-refractivity contribution in [2.45, 2.75) is 282 Å². The van der Waals surface area contributed by atoms with Gasteiger partial charge in [0.15, 0.2) is 0 Å². The van der Waals surface area contributed by atoms with Crippen LogP contribution in [0.1, 0.15) is 215 Å². The first kappa shape index (κ1) is 87.1. The van der Waals surface area contributed by atoms with Gasteiger partial charge in [-0.3, -0.25) is 28.8 Å². The Morgan fingerprint density at radius 2 is 0.740 bits per heavy atom. The third-order valence-corrected chi connectivity index (χ3v) is 24.0. The summed E-state index contributed by atoms with van der Waals surface area (Å²) in [7, 11) is 0. The number of aliphatic hydroxyl groups excluding tert-OH is 6. The first-order valence-corrected chi connectivity index (χ1v) is 39.1. The van der Waals surface area contributed by atoms with Crippen LogP contribution in [-0.2, 0) is 52.5 Å². The minimum atomic E-state index is -1.25. The standard InChI is InChI=1S/2C27H39NO6S.C27H39NO5S/c2*1-15-9-8-10-27(7)22(34-27)12-20(16(2)11-19-14-35-18(4)28-19)33-23(30)13-21(29)26(5,6)25(32)17(3)24(15)31;1-16-9-8-10-17(2)25(31)19(4)26(32)27(6,7)23(29)14-24(30)33-22(12-11-16)18(3)13-21-15-34-20(5)28-21/h2*8-9,11,14-15,17,20-22,24,29,31H,10,12-13H2,1-7H3;8,10-11,13,15,17,19,22-23,25,29,31H,9,12,14H2,1-7H3/b2*9-8+,16-11+;10-8+,16-11-,18-13+/t15-,17+,20?,21-,22+,24-,27-;15-,17+,20?,21-,22-,24-,27+;17-,19?,22?,23-,25-/m000/s1. The van der Waals surface area contributed by atoms with Gasteiger partial charge in [0.1, 0.15) is 35.7 Å². The molecule has 0 aromatic carbocycles. The molecule has 20 nitrogen and oxygen atoms in total. The Balaban J connectivity index is 0.000000245. The molecule has 8 rings (SSSR count). The number of allylic oxidation sites excluding steroid dienone is 2. The third kappa shape index (κ3) is 23.6. The summed E-state index contributed by atoms with van der Waals surface area (Å²) in [5, 5.41) is 73.5. The highest BCUT2D eigenvalue weighted by Crippen LogP contribution is 2.46. The van der Waals surface area contributed by atoms with E-state index < -0.39 is 107 Å². The summed E-state index contributed by atoms with van der Waals surface area (Å²) >= 11 is 4.66. The van der Waals surface area contributed by atoms with Crippen LogP contribution in [0.4, 0.5) is 0 Å². The molecular weight excluding hydrogens is 1380 g/mol. The van der Waals surface area contributed by atoms with Gasteiger partial charge in [-0.1, -0.05) is 131 Å². The Morgan fingerprint density at radius 3 is 1.04 bits per heavy atom. The van der Waals surface area contributed by atoms with Gasteiger partial charge in [-0.25, -0.2) is 15.0 Å². The van der Waals surface area contributed by atoms with E-state index in [9.17, 15) is 59.4 Å². The lowest BCUT2D eigenvalue weighted by atomic mass is 9.73. The van der Waals surface area contributed by atoms with Crippen LogP contribution in [0.2, 0.25) is 0 Å². The third-order valence-electron chi connectivity index (χ3n) is 21.7. The molecule has 0 bridgehead atoms. The van der Waals surface area contributed by atoms with E-state index >= 15 is 0 Å². The number of nitrogens with zero attached hydrogens (tertiary/aromatic N) is 3. The maximum atomic E-state index is 13.2. The van der Waals surface area contributed by atoms with Crippen LogP contribution < -0.4 is 0 Å². The zero-order valence-corrected chi connectivity index (χ0v) is 67.4. The minimum absolute atomic E-state index is 0.0968. The fourth-order valence-electron chi connectivity index (χ4n) is 13.4. The fraction of sp³-hybridized carbons (Fsp3) is 0.642. The van der Waals surface area contributed by atoms with Crippen molar-refractivity contribution in [3.8, 4) is 0 Å². The van der Waals surface area contributed by atoms with E-state index in [1.54, 1.807) is 96.3 Å². The molecule has 2 saturated heterocycles. The quantitative estimate of drug-likeness (QED) is 0.0578. The summed E-state index contributed by atoms with van der Waals surface area (Å²) in [6, 6.07) is 0. The van der Waals surface area contributed by atoms with Gasteiger partial charge in [-0.15, -0.1) is 34.0 Å². The summed E-state index contributed by atoms with van der Waals surface area (Å²) in [5.41, 5.74) is 1.65. The lowest BCUT2D eigenvalue weighted by Gasteiger charge is -2.34. The van der Waals surface area contributed by atoms with Crippen LogP contribution in [0.3, 0.4) is 0 Å². The highest BCUT2D eigenvalue weighted by atomic mass is 32.1. The number of cyclic esters (lactones) is 3. The number of aliphatic hydroxyl groups is 6. The predicted molar refractivity (Wildman–Crippen MR) is 408 cm³/mol. The van der Waals surface area contributed by atoms with Crippen LogP contribution >= 0.6 is 34.0 Å². The van der Waals surface area contributed by atoms with E-state index in [2.05, 4.69) is 15.0 Å². The van der Waals surface area contributed by atoms with Crippen molar-refractivity contribution in [1.82, 2.24) is 15.0 Å². The van der Waals surface area contributed by atoms with E-state index in [4.69, 9.17) is 23.7 Å². The summed E-state index contributed by atoms with van der Waals surface area (Å²) in [6.07, 6.45) is 13.8.